The standard InChI is InChI=1S/C10H10N4O3/c1-17-9-4-2-3-8(5-9)6-13-7-11-10(12-13)14(15)16/h2-5,7H,6H2,1H3. The third kappa shape index (κ3) is 2.57. The molecule has 0 spiro atoms. The molecule has 1 heterocycles. The van der Waals surface area contributed by atoms with Crippen LogP contribution in [0.1, 0.15) is 5.56 Å². The molecule has 0 radical (unpaired) electrons. The topological polar surface area (TPSA) is 83.1 Å². The van der Waals surface area contributed by atoms with Crippen molar-refractivity contribution in [1.82, 2.24) is 14.8 Å². The van der Waals surface area contributed by atoms with Crippen molar-refractivity contribution in [2.75, 3.05) is 7.11 Å². The molecule has 1 aromatic carbocycles. The second-order valence-electron chi connectivity index (χ2n) is 3.35. The zero-order valence-corrected chi connectivity index (χ0v) is 9.11. The second kappa shape index (κ2) is 4.60. The van der Waals surface area contributed by atoms with Gasteiger partial charge in [-0.25, -0.2) is 0 Å². The lowest BCUT2D eigenvalue weighted by Crippen LogP contribution is -2.01. The fourth-order valence-corrected chi connectivity index (χ4v) is 1.40. The van der Waals surface area contributed by atoms with E-state index in [2.05, 4.69) is 10.1 Å². The molecule has 2 rings (SSSR count). The molecule has 0 atom stereocenters. The van der Waals surface area contributed by atoms with Gasteiger partial charge in [0.25, 0.3) is 0 Å². The Kier molecular flexibility index (Phi) is 2.99. The number of nitrogens with zero attached hydrogens (tertiary/aromatic N) is 4. The molecule has 0 saturated heterocycles. The van der Waals surface area contributed by atoms with Gasteiger partial charge < -0.3 is 14.9 Å². The molecule has 0 N–H and O–H groups in total. The predicted octanol–water partition coefficient (Wildman–Crippen LogP) is 1.24. The Labute approximate surface area is 96.8 Å². The van der Waals surface area contributed by atoms with Gasteiger partial charge in [-0.15, -0.1) is 0 Å². The van der Waals surface area contributed by atoms with Crippen LogP contribution >= 0.6 is 0 Å². The van der Waals surface area contributed by atoms with Crippen LogP contribution in [-0.2, 0) is 6.54 Å². The number of ether oxygens (including phenoxy) is 1. The molecule has 2 aromatic rings. The van der Waals surface area contributed by atoms with Crippen LogP contribution in [0.5, 0.6) is 5.75 Å². The van der Waals surface area contributed by atoms with E-state index in [1.807, 2.05) is 24.3 Å². The van der Waals surface area contributed by atoms with Gasteiger partial charge in [0.1, 0.15) is 5.75 Å². The molecule has 0 unspecified atom stereocenters. The van der Waals surface area contributed by atoms with Gasteiger partial charge in [0.15, 0.2) is 0 Å². The van der Waals surface area contributed by atoms with Gasteiger partial charge in [0.2, 0.25) is 6.33 Å². The number of nitro groups is 1. The van der Waals surface area contributed by atoms with Gasteiger partial charge in [-0.2, -0.15) is 4.68 Å². The third-order valence-electron chi connectivity index (χ3n) is 2.17. The largest absolute Gasteiger partial charge is 0.497 e. The van der Waals surface area contributed by atoms with Crippen molar-refractivity contribution in [2.45, 2.75) is 6.54 Å². The highest BCUT2D eigenvalue weighted by Crippen LogP contribution is 2.13. The summed E-state index contributed by atoms with van der Waals surface area (Å²) < 4.78 is 6.49. The first-order valence-electron chi connectivity index (χ1n) is 4.86. The summed E-state index contributed by atoms with van der Waals surface area (Å²) in [6.45, 7) is 0.415. The summed E-state index contributed by atoms with van der Waals surface area (Å²) in [6.07, 6.45) is 1.33. The highest BCUT2D eigenvalue weighted by Gasteiger charge is 2.13. The van der Waals surface area contributed by atoms with Crippen molar-refractivity contribution in [3.05, 3.63) is 46.3 Å². The summed E-state index contributed by atoms with van der Waals surface area (Å²) >= 11 is 0. The minimum Gasteiger partial charge on any atom is -0.497 e. The molecule has 1 aromatic heterocycles. The predicted molar refractivity (Wildman–Crippen MR) is 58.8 cm³/mol. The molecular weight excluding hydrogens is 224 g/mol. The van der Waals surface area contributed by atoms with Crippen molar-refractivity contribution in [1.29, 1.82) is 0 Å². The number of benzene rings is 1. The highest BCUT2D eigenvalue weighted by atomic mass is 16.6. The molecule has 0 bridgehead atoms. The molecule has 0 aliphatic rings. The molecular formula is C10H10N4O3. The van der Waals surface area contributed by atoms with Crippen molar-refractivity contribution < 1.29 is 9.66 Å². The second-order valence-corrected chi connectivity index (χ2v) is 3.35. The summed E-state index contributed by atoms with van der Waals surface area (Å²) in [5.74, 6) is 0.338. The van der Waals surface area contributed by atoms with Crippen LogP contribution < -0.4 is 4.74 Å². The van der Waals surface area contributed by atoms with E-state index < -0.39 is 10.9 Å². The molecule has 88 valence electrons. The van der Waals surface area contributed by atoms with E-state index in [0.717, 1.165) is 11.3 Å². The average molecular weight is 234 g/mol. The fraction of sp³-hybridized carbons (Fsp3) is 0.200. The van der Waals surface area contributed by atoms with E-state index in [9.17, 15) is 10.1 Å². The third-order valence-corrected chi connectivity index (χ3v) is 2.17. The zero-order valence-electron chi connectivity index (χ0n) is 9.11. The average Bonchev–Trinajstić information content (AvgIpc) is 2.78. The number of hydrogen-bond donors (Lipinski definition) is 0. The molecule has 0 fully saturated rings. The number of hydrogen-bond acceptors (Lipinski definition) is 5. The normalized spacial score (nSPS) is 10.2. The van der Waals surface area contributed by atoms with Gasteiger partial charge in [0.05, 0.1) is 13.7 Å². The minimum atomic E-state index is -0.623. The molecule has 0 aliphatic heterocycles. The number of rotatable bonds is 4. The van der Waals surface area contributed by atoms with Crippen LogP contribution in [0.4, 0.5) is 5.95 Å². The van der Waals surface area contributed by atoms with Crippen LogP contribution in [0.25, 0.3) is 0 Å². The smallest absolute Gasteiger partial charge is 0.490 e. The Morgan fingerprint density at radius 2 is 2.35 bits per heavy atom. The van der Waals surface area contributed by atoms with Crippen molar-refractivity contribution in [3.63, 3.8) is 0 Å². The van der Waals surface area contributed by atoms with E-state index in [0.29, 0.717) is 6.54 Å². The maximum absolute atomic E-state index is 10.4. The Bertz CT molecular complexity index is 538. The van der Waals surface area contributed by atoms with E-state index in [1.54, 1.807) is 7.11 Å². The molecule has 0 aliphatic carbocycles. The van der Waals surface area contributed by atoms with E-state index in [-0.39, 0.29) is 0 Å². The van der Waals surface area contributed by atoms with Gasteiger partial charge in [-0.1, -0.05) is 17.1 Å². The monoisotopic (exact) mass is 234 g/mol. The Morgan fingerprint density at radius 1 is 1.53 bits per heavy atom. The Morgan fingerprint density at radius 3 is 3.00 bits per heavy atom. The van der Waals surface area contributed by atoms with Crippen molar-refractivity contribution in [2.24, 2.45) is 0 Å². The lowest BCUT2D eigenvalue weighted by molar-refractivity contribution is -0.394. The fourth-order valence-electron chi connectivity index (χ4n) is 1.40. The summed E-state index contributed by atoms with van der Waals surface area (Å²) in [6, 6.07) is 7.40. The number of methoxy groups -OCH3 is 1. The van der Waals surface area contributed by atoms with Gasteiger partial charge in [0, 0.05) is 5.10 Å². The van der Waals surface area contributed by atoms with Gasteiger partial charge in [-0.05, 0) is 22.6 Å². The lowest BCUT2D eigenvalue weighted by Gasteiger charge is -2.02. The first-order valence-corrected chi connectivity index (χ1v) is 4.86. The summed E-state index contributed by atoms with van der Waals surface area (Å²) in [5, 5.41) is 14.1. The maximum atomic E-state index is 10.4. The maximum Gasteiger partial charge on any atom is 0.490 e. The molecule has 0 saturated carbocycles. The van der Waals surface area contributed by atoms with E-state index in [1.165, 1.54) is 11.0 Å². The van der Waals surface area contributed by atoms with Gasteiger partial charge >= 0.3 is 5.95 Å². The van der Waals surface area contributed by atoms with Crippen molar-refractivity contribution >= 4 is 5.95 Å². The Hall–Kier alpha value is -2.44. The number of aromatic nitrogens is 3. The van der Waals surface area contributed by atoms with Crippen LogP contribution in [0.3, 0.4) is 0 Å². The van der Waals surface area contributed by atoms with E-state index >= 15 is 0 Å². The SMILES string of the molecule is COc1cccc(Cn2cnc([N+](=O)[O-])n2)c1. The molecule has 0 amide bonds. The summed E-state index contributed by atoms with van der Waals surface area (Å²) in [7, 11) is 1.58. The molecule has 17 heavy (non-hydrogen) atoms. The molecule has 7 heteroatoms. The first-order chi connectivity index (χ1) is 8.19. The van der Waals surface area contributed by atoms with Crippen LogP contribution in [0.15, 0.2) is 30.6 Å². The summed E-state index contributed by atoms with van der Waals surface area (Å²) in [5.41, 5.74) is 0.934. The highest BCUT2D eigenvalue weighted by molar-refractivity contribution is 5.28. The van der Waals surface area contributed by atoms with E-state index in [4.69, 9.17) is 4.74 Å². The zero-order chi connectivity index (χ0) is 12.3. The lowest BCUT2D eigenvalue weighted by atomic mass is 10.2. The van der Waals surface area contributed by atoms with Crippen molar-refractivity contribution in [3.8, 4) is 5.75 Å². The molecule has 7 nitrogen and oxygen atoms in total. The quantitative estimate of drug-likeness (QED) is 0.587. The van der Waals surface area contributed by atoms with Crippen LogP contribution in [0, 0.1) is 10.1 Å². The minimum absolute atomic E-state index is 0.395. The van der Waals surface area contributed by atoms with Crippen LogP contribution in [0.2, 0.25) is 0 Å². The first kappa shape index (κ1) is 11.1. The van der Waals surface area contributed by atoms with Crippen LogP contribution in [-0.4, -0.2) is 26.8 Å². The van der Waals surface area contributed by atoms with Gasteiger partial charge in [-0.3, -0.25) is 0 Å². The summed E-state index contributed by atoms with van der Waals surface area (Å²) in [4.78, 5) is 13.4. The Balaban J connectivity index is 2.16.